The number of piperazine rings is 1. The topological polar surface area (TPSA) is 166 Å². The summed E-state index contributed by atoms with van der Waals surface area (Å²) in [5.74, 6) is -1.39. The molecule has 13 nitrogen and oxygen atoms in total. The van der Waals surface area contributed by atoms with Crippen molar-refractivity contribution in [2.45, 2.75) is 52.2 Å². The average Bonchev–Trinajstić information content (AvgIpc) is 2.99. The van der Waals surface area contributed by atoms with Crippen molar-refractivity contribution >= 4 is 57.7 Å². The zero-order valence-electron chi connectivity index (χ0n) is 24.2. The van der Waals surface area contributed by atoms with Crippen molar-refractivity contribution in [1.29, 1.82) is 0 Å². The second-order valence-electron chi connectivity index (χ2n) is 10.2. The van der Waals surface area contributed by atoms with Crippen LogP contribution in [-0.4, -0.2) is 96.6 Å². The van der Waals surface area contributed by atoms with Crippen LogP contribution in [0.2, 0.25) is 0 Å². The molecule has 6 amide bonds. The molecule has 1 aromatic rings. The first kappa shape index (κ1) is 34.5. The zero-order chi connectivity index (χ0) is 30.9. The van der Waals surface area contributed by atoms with E-state index in [0.29, 0.717) is 44.8 Å². The number of rotatable bonds is 16. The summed E-state index contributed by atoms with van der Waals surface area (Å²) in [5, 5.41) is 11.0. The fourth-order valence-corrected chi connectivity index (χ4v) is 4.25. The van der Waals surface area contributed by atoms with Crippen molar-refractivity contribution in [3.05, 3.63) is 29.8 Å². The number of alkyl halides is 1. The molecule has 0 saturated carbocycles. The molecule has 1 atom stereocenters. The molecular weight excluding hydrogens is 612 g/mol. The molecule has 0 spiro atoms. The monoisotopic (exact) mass is 652 g/mol. The van der Waals surface area contributed by atoms with Gasteiger partial charge in [-0.3, -0.25) is 24.0 Å². The third-order valence-corrected chi connectivity index (χ3v) is 7.04. The summed E-state index contributed by atoms with van der Waals surface area (Å²) in [6.07, 6.45) is 2.73. The van der Waals surface area contributed by atoms with Gasteiger partial charge in [0.05, 0.1) is 11.9 Å². The number of ether oxygens (including phenoxy) is 1. The quantitative estimate of drug-likeness (QED) is 0.119. The molecule has 1 aliphatic rings. The maximum atomic E-state index is 12.7. The molecule has 0 radical (unpaired) electrons. The van der Waals surface area contributed by atoms with E-state index in [9.17, 15) is 28.8 Å². The smallest absolute Gasteiger partial charge is 0.410 e. The molecule has 0 bridgehead atoms. The minimum absolute atomic E-state index is 0.0644. The number of hydrogen-bond donors (Lipinski definition) is 4. The number of carbonyl (C=O) groups is 6. The number of amides is 6. The number of anilines is 1. The van der Waals surface area contributed by atoms with E-state index in [1.807, 2.05) is 13.8 Å². The Balaban J connectivity index is 1.68. The second-order valence-corrected chi connectivity index (χ2v) is 10.8. The van der Waals surface area contributed by atoms with Crippen molar-refractivity contribution in [2.24, 2.45) is 5.92 Å². The first-order valence-corrected chi connectivity index (χ1v) is 15.1. The molecule has 2 rings (SSSR count). The van der Waals surface area contributed by atoms with Gasteiger partial charge in [0.15, 0.2) is 0 Å². The maximum absolute atomic E-state index is 12.7. The van der Waals surface area contributed by atoms with E-state index in [1.165, 1.54) is 0 Å². The van der Waals surface area contributed by atoms with Crippen LogP contribution >= 0.6 is 15.9 Å². The zero-order valence-corrected chi connectivity index (χ0v) is 25.7. The van der Waals surface area contributed by atoms with E-state index < -0.39 is 23.9 Å². The summed E-state index contributed by atoms with van der Waals surface area (Å²) < 4.78 is 5.34. The van der Waals surface area contributed by atoms with Crippen molar-refractivity contribution in [3.8, 4) is 0 Å². The molecule has 1 fully saturated rings. The van der Waals surface area contributed by atoms with Crippen LogP contribution in [0.5, 0.6) is 0 Å². The second kappa shape index (κ2) is 18.7. The van der Waals surface area contributed by atoms with E-state index in [4.69, 9.17) is 4.74 Å². The maximum Gasteiger partial charge on any atom is 0.410 e. The molecule has 1 saturated heterocycles. The Morgan fingerprint density at radius 1 is 0.929 bits per heavy atom. The highest BCUT2D eigenvalue weighted by Gasteiger charge is 2.24. The first-order chi connectivity index (χ1) is 20.1. The van der Waals surface area contributed by atoms with Gasteiger partial charge in [-0.1, -0.05) is 48.3 Å². The molecule has 14 heteroatoms. The molecule has 1 aromatic carbocycles. The molecule has 232 valence electrons. The van der Waals surface area contributed by atoms with Crippen molar-refractivity contribution < 1.29 is 33.5 Å². The number of nitrogens with zero attached hydrogens (tertiary/aromatic N) is 2. The van der Waals surface area contributed by atoms with Crippen LogP contribution in [0.25, 0.3) is 0 Å². The van der Waals surface area contributed by atoms with Gasteiger partial charge in [0.25, 0.3) is 0 Å². The van der Waals surface area contributed by atoms with Crippen LogP contribution in [0.1, 0.15) is 45.1 Å². The Morgan fingerprint density at radius 3 is 2.24 bits per heavy atom. The molecule has 0 aromatic heterocycles. The number of benzene rings is 1. The molecular formula is C28H41BrN6O7. The third-order valence-electron chi connectivity index (χ3n) is 6.53. The van der Waals surface area contributed by atoms with Crippen LogP contribution < -0.4 is 21.3 Å². The summed E-state index contributed by atoms with van der Waals surface area (Å²) in [7, 11) is 0. The lowest BCUT2D eigenvalue weighted by atomic mass is 10.0. The fraction of sp³-hybridized carbons (Fsp3) is 0.571. The normalized spacial score (nSPS) is 13.6. The first-order valence-electron chi connectivity index (χ1n) is 14.0. The highest BCUT2D eigenvalue weighted by atomic mass is 79.9. The van der Waals surface area contributed by atoms with Crippen molar-refractivity contribution in [2.75, 3.05) is 49.9 Å². The summed E-state index contributed by atoms with van der Waals surface area (Å²) >= 11 is 3.08. The van der Waals surface area contributed by atoms with Gasteiger partial charge in [-0.2, -0.15) is 0 Å². The molecule has 1 heterocycles. The molecule has 1 unspecified atom stereocenters. The SMILES string of the molecule is CC(C)C(NC(=O)CCCCCNC(=O)CBr)C(=O)NCC(=O)Nc1ccc(COC(=O)N2CCN(C=O)CC2)cc1. The standard InChI is InChI=1S/C28H41BrN6O7/c1-20(2)26(33-23(37)6-4-3-5-11-30-24(38)16-29)27(40)31-17-25(39)32-22-9-7-21(8-10-22)18-42-28(41)35-14-12-34(19-36)13-15-35/h7-10,19-20,26H,3-6,11-18H2,1-2H3,(H,30,38)(H,31,40)(H,32,39)(H,33,37). The average molecular weight is 654 g/mol. The lowest BCUT2D eigenvalue weighted by Crippen LogP contribution is -2.51. The van der Waals surface area contributed by atoms with Crippen molar-refractivity contribution in [3.63, 3.8) is 0 Å². The minimum atomic E-state index is -0.778. The lowest BCUT2D eigenvalue weighted by molar-refractivity contribution is -0.130. The van der Waals surface area contributed by atoms with E-state index in [2.05, 4.69) is 37.2 Å². The molecule has 4 N–H and O–H groups in total. The molecule has 0 aliphatic carbocycles. The van der Waals surface area contributed by atoms with Gasteiger partial charge in [-0.25, -0.2) is 4.79 Å². The highest BCUT2D eigenvalue weighted by Crippen LogP contribution is 2.12. The van der Waals surface area contributed by atoms with Gasteiger partial charge in [0.1, 0.15) is 12.6 Å². The number of unbranched alkanes of at least 4 members (excludes halogenated alkanes) is 2. The van der Waals surface area contributed by atoms with Crippen LogP contribution in [-0.2, 0) is 35.3 Å². The van der Waals surface area contributed by atoms with Gasteiger partial charge < -0.3 is 35.8 Å². The van der Waals surface area contributed by atoms with Gasteiger partial charge >= 0.3 is 6.09 Å². The summed E-state index contributed by atoms with van der Waals surface area (Å²) in [4.78, 5) is 74.8. The highest BCUT2D eigenvalue weighted by molar-refractivity contribution is 9.09. The van der Waals surface area contributed by atoms with Gasteiger partial charge in [0, 0.05) is 44.8 Å². The van der Waals surface area contributed by atoms with E-state index >= 15 is 0 Å². The largest absolute Gasteiger partial charge is 0.445 e. The van der Waals surface area contributed by atoms with E-state index in [1.54, 1.807) is 34.1 Å². The molecule has 42 heavy (non-hydrogen) atoms. The molecule has 1 aliphatic heterocycles. The summed E-state index contributed by atoms with van der Waals surface area (Å²) in [5.41, 5.74) is 1.24. The lowest BCUT2D eigenvalue weighted by Gasteiger charge is -2.31. The van der Waals surface area contributed by atoms with E-state index in [-0.39, 0.29) is 42.6 Å². The Hall–Kier alpha value is -3.68. The Morgan fingerprint density at radius 2 is 1.62 bits per heavy atom. The predicted molar refractivity (Wildman–Crippen MR) is 160 cm³/mol. The minimum Gasteiger partial charge on any atom is -0.445 e. The number of halogens is 1. The van der Waals surface area contributed by atoms with Gasteiger partial charge in [-0.15, -0.1) is 0 Å². The van der Waals surface area contributed by atoms with Crippen LogP contribution in [0, 0.1) is 5.92 Å². The van der Waals surface area contributed by atoms with Gasteiger partial charge in [0.2, 0.25) is 30.0 Å². The van der Waals surface area contributed by atoms with Gasteiger partial charge in [-0.05, 0) is 36.5 Å². The van der Waals surface area contributed by atoms with Crippen LogP contribution in [0.4, 0.5) is 10.5 Å². The van der Waals surface area contributed by atoms with Crippen molar-refractivity contribution in [1.82, 2.24) is 25.8 Å². The third kappa shape index (κ3) is 12.9. The Kier molecular flexibility index (Phi) is 15.4. The van der Waals surface area contributed by atoms with E-state index in [0.717, 1.165) is 24.8 Å². The Bertz CT molecular complexity index is 1060. The predicted octanol–water partition coefficient (Wildman–Crippen LogP) is 1.36. The number of nitrogens with one attached hydrogen (secondary N) is 4. The number of carbonyl (C=O) groups excluding carboxylic acids is 6. The van der Waals surface area contributed by atoms with Crippen LogP contribution in [0.3, 0.4) is 0 Å². The fourth-order valence-electron chi connectivity index (χ4n) is 4.06. The number of hydrogen-bond acceptors (Lipinski definition) is 7. The Labute approximate surface area is 254 Å². The van der Waals surface area contributed by atoms with Crippen LogP contribution in [0.15, 0.2) is 24.3 Å². The summed E-state index contributed by atoms with van der Waals surface area (Å²) in [6.45, 7) is 5.75. The summed E-state index contributed by atoms with van der Waals surface area (Å²) in [6, 6.07) is 5.99.